The van der Waals surface area contributed by atoms with Crippen LogP contribution < -0.4 is 5.43 Å². The smallest absolute Gasteiger partial charge is 0.295 e. The molecular formula is C27H18O6S. The summed E-state index contributed by atoms with van der Waals surface area (Å²) in [5.41, 5.74) is 3.29. The summed E-state index contributed by atoms with van der Waals surface area (Å²) >= 11 is 0. The third-order valence-corrected chi connectivity index (χ3v) is 6.61. The lowest BCUT2D eigenvalue weighted by atomic mass is 9.89. The molecule has 0 saturated heterocycles. The Morgan fingerprint density at radius 3 is 2.35 bits per heavy atom. The predicted molar refractivity (Wildman–Crippen MR) is 129 cm³/mol. The molecule has 7 heteroatoms. The molecule has 3 aromatic rings. The summed E-state index contributed by atoms with van der Waals surface area (Å²) in [6, 6.07) is 25.0. The zero-order valence-electron chi connectivity index (χ0n) is 17.8. The molecule has 0 saturated carbocycles. The van der Waals surface area contributed by atoms with Crippen LogP contribution in [-0.4, -0.2) is 18.8 Å². The molecule has 1 heterocycles. The van der Waals surface area contributed by atoms with Crippen molar-refractivity contribution in [3.05, 3.63) is 112 Å². The molecule has 1 aliphatic heterocycles. The van der Waals surface area contributed by atoms with Gasteiger partial charge in [0.15, 0.2) is 11.2 Å². The van der Waals surface area contributed by atoms with E-state index in [1.807, 2.05) is 36.4 Å². The second kappa shape index (κ2) is 8.37. The summed E-state index contributed by atoms with van der Waals surface area (Å²) in [4.78, 5) is 24.8. The average molecular weight is 471 g/mol. The first-order valence-electron chi connectivity index (χ1n) is 10.5. The molecule has 0 fully saturated rings. The second-order valence-electron chi connectivity index (χ2n) is 7.86. The maximum Gasteiger partial charge on any atom is 0.295 e. The molecular weight excluding hydrogens is 452 g/mol. The Hall–Kier alpha value is -4.07. The standard InChI is InChI=1S/C27H18O6S/c28-18-13-14-22-25(16-18)33-24-11-5-3-10-21(24)27(22)19-8-2-1-7-17(19)15-23(29)20-9-4-6-12-26(20)34(30,31)32/h1-14,16H,15H2,(H,30,31,32). The third kappa shape index (κ3) is 3.91. The van der Waals surface area contributed by atoms with Crippen LogP contribution in [0.25, 0.3) is 33.4 Å². The average Bonchev–Trinajstić information content (AvgIpc) is 2.82. The first kappa shape index (κ1) is 21.8. The molecule has 0 unspecified atom stereocenters. The zero-order valence-corrected chi connectivity index (χ0v) is 18.6. The van der Waals surface area contributed by atoms with Gasteiger partial charge in [-0.2, -0.15) is 8.42 Å². The van der Waals surface area contributed by atoms with Crippen LogP contribution in [0.15, 0.2) is 105 Å². The molecule has 0 bridgehead atoms. The Morgan fingerprint density at radius 1 is 0.824 bits per heavy atom. The molecule has 3 aromatic carbocycles. The fourth-order valence-electron chi connectivity index (χ4n) is 4.22. The molecule has 168 valence electrons. The first-order chi connectivity index (χ1) is 16.3. The van der Waals surface area contributed by atoms with Crippen molar-refractivity contribution in [2.75, 3.05) is 0 Å². The van der Waals surface area contributed by atoms with E-state index in [0.717, 1.165) is 22.1 Å². The Labute approximate surface area is 195 Å². The number of ketones is 1. The zero-order chi connectivity index (χ0) is 23.9. The topological polar surface area (TPSA) is 102 Å². The van der Waals surface area contributed by atoms with Crippen LogP contribution >= 0.6 is 0 Å². The second-order valence-corrected chi connectivity index (χ2v) is 9.25. The number of rotatable bonds is 5. The van der Waals surface area contributed by atoms with Gasteiger partial charge in [0.2, 0.25) is 0 Å². The highest BCUT2D eigenvalue weighted by atomic mass is 32.2. The van der Waals surface area contributed by atoms with Crippen molar-refractivity contribution >= 4 is 26.9 Å². The van der Waals surface area contributed by atoms with E-state index in [1.165, 1.54) is 30.3 Å². The molecule has 0 spiro atoms. The largest absolute Gasteiger partial charge is 0.456 e. The minimum Gasteiger partial charge on any atom is -0.456 e. The van der Waals surface area contributed by atoms with Crippen molar-refractivity contribution in [3.8, 4) is 22.5 Å². The summed E-state index contributed by atoms with van der Waals surface area (Å²) < 4.78 is 39.1. The van der Waals surface area contributed by atoms with Gasteiger partial charge in [0.25, 0.3) is 10.1 Å². The highest BCUT2D eigenvalue weighted by Crippen LogP contribution is 2.41. The van der Waals surface area contributed by atoms with Gasteiger partial charge in [-0.05, 0) is 41.5 Å². The van der Waals surface area contributed by atoms with Gasteiger partial charge in [-0.15, -0.1) is 0 Å². The van der Waals surface area contributed by atoms with Crippen molar-refractivity contribution in [2.24, 2.45) is 0 Å². The number of hydrogen-bond donors (Lipinski definition) is 1. The van der Waals surface area contributed by atoms with Gasteiger partial charge in [-0.3, -0.25) is 14.1 Å². The fraction of sp³-hybridized carbons (Fsp3) is 0.0370. The van der Waals surface area contributed by atoms with E-state index in [2.05, 4.69) is 0 Å². The highest BCUT2D eigenvalue weighted by Gasteiger charge is 2.23. The van der Waals surface area contributed by atoms with Crippen LogP contribution in [0.2, 0.25) is 0 Å². The lowest BCUT2D eigenvalue weighted by Gasteiger charge is -2.17. The van der Waals surface area contributed by atoms with E-state index in [-0.39, 0.29) is 17.4 Å². The highest BCUT2D eigenvalue weighted by molar-refractivity contribution is 7.86. The van der Waals surface area contributed by atoms with Crippen LogP contribution in [-0.2, 0) is 16.5 Å². The normalized spacial score (nSPS) is 11.7. The van der Waals surface area contributed by atoms with Gasteiger partial charge in [0, 0.05) is 34.6 Å². The summed E-state index contributed by atoms with van der Waals surface area (Å²) in [6.45, 7) is 0. The van der Waals surface area contributed by atoms with Crippen molar-refractivity contribution in [3.63, 3.8) is 0 Å². The Morgan fingerprint density at radius 2 is 1.53 bits per heavy atom. The lowest BCUT2D eigenvalue weighted by Crippen LogP contribution is -2.11. The first-order valence-corrected chi connectivity index (χ1v) is 11.9. The molecule has 0 aromatic heterocycles. The maximum absolute atomic E-state index is 13.2. The summed E-state index contributed by atoms with van der Waals surface area (Å²) in [6.07, 6.45) is -0.0931. The monoisotopic (exact) mass is 470 g/mol. The molecule has 6 nitrogen and oxygen atoms in total. The maximum atomic E-state index is 13.2. The van der Waals surface area contributed by atoms with Gasteiger partial charge in [0.1, 0.15) is 16.2 Å². The molecule has 1 N–H and O–H groups in total. The summed E-state index contributed by atoms with van der Waals surface area (Å²) in [7, 11) is -4.56. The lowest BCUT2D eigenvalue weighted by molar-refractivity contribution is 0.0989. The summed E-state index contributed by atoms with van der Waals surface area (Å²) in [5.74, 6) is -0.0178. The Balaban J connectivity index is 1.70. The number of carbonyl (C=O) groups excluding carboxylic acids is 1. The van der Waals surface area contributed by atoms with E-state index in [4.69, 9.17) is 4.42 Å². The Kier molecular flexibility index (Phi) is 5.36. The van der Waals surface area contributed by atoms with E-state index in [9.17, 15) is 22.6 Å². The molecule has 34 heavy (non-hydrogen) atoms. The van der Waals surface area contributed by atoms with Gasteiger partial charge < -0.3 is 4.42 Å². The van der Waals surface area contributed by atoms with Gasteiger partial charge in [-0.1, -0.05) is 54.6 Å². The van der Waals surface area contributed by atoms with Crippen molar-refractivity contribution in [1.82, 2.24) is 0 Å². The number of carbonyl (C=O) groups is 1. The van der Waals surface area contributed by atoms with E-state index >= 15 is 0 Å². The quantitative estimate of drug-likeness (QED) is 0.214. The Bertz CT molecular complexity index is 1700. The number of fused-ring (bicyclic) bond motifs is 2. The van der Waals surface area contributed by atoms with Crippen molar-refractivity contribution in [1.29, 1.82) is 0 Å². The van der Waals surface area contributed by atoms with Crippen LogP contribution in [0.4, 0.5) is 0 Å². The molecule has 5 rings (SSSR count). The van der Waals surface area contributed by atoms with Gasteiger partial charge in [-0.25, -0.2) is 0 Å². The third-order valence-electron chi connectivity index (χ3n) is 5.70. The molecule has 0 atom stereocenters. The van der Waals surface area contributed by atoms with E-state index in [1.54, 1.807) is 24.3 Å². The van der Waals surface area contributed by atoms with E-state index < -0.39 is 20.8 Å². The number of benzene rings is 4. The molecule has 1 aliphatic carbocycles. The summed E-state index contributed by atoms with van der Waals surface area (Å²) in [5, 5.41) is 0.812. The number of Topliss-reactive ketones (excluding diaryl/α,β-unsaturated/α-hetero) is 1. The van der Waals surface area contributed by atoms with Crippen molar-refractivity contribution < 1.29 is 22.2 Å². The minimum absolute atomic E-state index is 0.0754. The van der Waals surface area contributed by atoms with Crippen molar-refractivity contribution in [2.45, 2.75) is 11.3 Å². The number of para-hydroxylation sites is 1. The SMILES string of the molecule is O=C(Cc1ccccc1-c1c2ccc(=O)cc-2oc2ccccc12)c1ccccc1S(=O)(=O)O. The van der Waals surface area contributed by atoms with E-state index in [0.29, 0.717) is 16.9 Å². The molecule has 0 amide bonds. The van der Waals surface area contributed by atoms with Crippen LogP contribution in [0.3, 0.4) is 0 Å². The molecule has 0 radical (unpaired) electrons. The molecule has 2 aliphatic rings. The number of hydrogen-bond acceptors (Lipinski definition) is 5. The van der Waals surface area contributed by atoms with Crippen LogP contribution in [0.1, 0.15) is 15.9 Å². The predicted octanol–water partition coefficient (Wildman–Crippen LogP) is 5.24. The minimum atomic E-state index is -4.56. The van der Waals surface area contributed by atoms with Gasteiger partial charge in [0.05, 0.1) is 0 Å². The van der Waals surface area contributed by atoms with Crippen LogP contribution in [0, 0.1) is 0 Å². The van der Waals surface area contributed by atoms with Gasteiger partial charge >= 0.3 is 0 Å². The van der Waals surface area contributed by atoms with Crippen LogP contribution in [0.5, 0.6) is 0 Å². The fourth-order valence-corrected chi connectivity index (χ4v) is 4.93.